The van der Waals surface area contributed by atoms with Gasteiger partial charge in [0, 0.05) is 30.9 Å². The first-order chi connectivity index (χ1) is 13.9. The second-order valence-electron chi connectivity index (χ2n) is 7.09. The molecular formula is C22H25ClFN3O2. The quantitative estimate of drug-likeness (QED) is 0.523. The number of anilines is 1. The molecule has 1 unspecified atom stereocenters. The first-order valence-corrected chi connectivity index (χ1v) is 10.00. The molecule has 7 heteroatoms. The van der Waals surface area contributed by atoms with Crippen molar-refractivity contribution in [2.24, 2.45) is 0 Å². The SMILES string of the molecule is CCC(C)N1CCN(c2cccnc2Cl)/C(=C/c2cc(OC)c(C)cc2F)C1=O. The van der Waals surface area contributed by atoms with E-state index < -0.39 is 5.82 Å². The number of hydrogen-bond donors (Lipinski definition) is 0. The van der Waals surface area contributed by atoms with Gasteiger partial charge in [-0.1, -0.05) is 18.5 Å². The summed E-state index contributed by atoms with van der Waals surface area (Å²) in [4.78, 5) is 21.1. The third-order valence-electron chi connectivity index (χ3n) is 5.29. The summed E-state index contributed by atoms with van der Waals surface area (Å²) in [5.74, 6) is -0.0165. The van der Waals surface area contributed by atoms with Crippen molar-refractivity contribution in [3.05, 3.63) is 58.3 Å². The van der Waals surface area contributed by atoms with E-state index >= 15 is 0 Å². The number of hydrogen-bond acceptors (Lipinski definition) is 4. The van der Waals surface area contributed by atoms with Gasteiger partial charge in [-0.15, -0.1) is 0 Å². The van der Waals surface area contributed by atoms with E-state index in [1.54, 1.807) is 37.4 Å². The molecule has 0 N–H and O–H groups in total. The highest BCUT2D eigenvalue weighted by Gasteiger charge is 2.33. The smallest absolute Gasteiger partial charge is 0.270 e. The molecule has 2 aromatic rings. The van der Waals surface area contributed by atoms with Gasteiger partial charge in [0.15, 0.2) is 5.15 Å². The van der Waals surface area contributed by atoms with E-state index in [4.69, 9.17) is 16.3 Å². The molecule has 1 fully saturated rings. The largest absolute Gasteiger partial charge is 0.496 e. The Labute approximate surface area is 175 Å². The summed E-state index contributed by atoms with van der Waals surface area (Å²) in [5, 5.41) is 0.296. The van der Waals surface area contributed by atoms with Crippen LogP contribution in [0.3, 0.4) is 0 Å². The van der Waals surface area contributed by atoms with Crippen molar-refractivity contribution in [2.75, 3.05) is 25.1 Å². The standard InChI is InChI=1S/C22H25ClFN3O2/c1-5-15(3)26-9-10-27(18-7-6-8-25-21(18)23)19(22(26)28)12-16-13-20(29-4)14(2)11-17(16)24/h6-8,11-13,15H,5,9-10H2,1-4H3/b19-12+. The van der Waals surface area contributed by atoms with Gasteiger partial charge in [-0.3, -0.25) is 4.79 Å². The van der Waals surface area contributed by atoms with Gasteiger partial charge in [-0.25, -0.2) is 9.37 Å². The lowest BCUT2D eigenvalue weighted by atomic mass is 10.1. The van der Waals surface area contributed by atoms with Crippen LogP contribution in [-0.4, -0.2) is 42.0 Å². The van der Waals surface area contributed by atoms with Gasteiger partial charge in [0.25, 0.3) is 5.91 Å². The number of aromatic nitrogens is 1. The summed E-state index contributed by atoms with van der Waals surface area (Å²) in [5.41, 5.74) is 1.95. The highest BCUT2D eigenvalue weighted by molar-refractivity contribution is 6.32. The lowest BCUT2D eigenvalue weighted by Crippen LogP contribution is -2.52. The molecule has 154 valence electrons. The average molecular weight is 418 g/mol. The number of rotatable bonds is 5. The minimum Gasteiger partial charge on any atom is -0.496 e. The van der Waals surface area contributed by atoms with E-state index in [9.17, 15) is 9.18 Å². The molecular weight excluding hydrogens is 393 g/mol. The first-order valence-electron chi connectivity index (χ1n) is 9.62. The van der Waals surface area contributed by atoms with Gasteiger partial charge in [0.2, 0.25) is 0 Å². The number of carbonyl (C=O) groups is 1. The van der Waals surface area contributed by atoms with Crippen molar-refractivity contribution in [1.82, 2.24) is 9.88 Å². The van der Waals surface area contributed by atoms with Gasteiger partial charge in [-0.2, -0.15) is 0 Å². The van der Waals surface area contributed by atoms with Crippen LogP contribution in [0.15, 0.2) is 36.2 Å². The lowest BCUT2D eigenvalue weighted by molar-refractivity contribution is -0.130. The van der Waals surface area contributed by atoms with Gasteiger partial charge < -0.3 is 14.5 Å². The number of benzene rings is 1. The van der Waals surface area contributed by atoms with Crippen LogP contribution in [0.5, 0.6) is 5.75 Å². The Bertz CT molecular complexity index is 948. The zero-order valence-corrected chi connectivity index (χ0v) is 17.8. The normalized spacial score (nSPS) is 17.0. The Morgan fingerprint density at radius 3 is 2.79 bits per heavy atom. The molecule has 1 aromatic heterocycles. The molecule has 3 rings (SSSR count). The highest BCUT2D eigenvalue weighted by Crippen LogP contribution is 2.32. The fraction of sp³-hybridized carbons (Fsp3) is 0.364. The minimum absolute atomic E-state index is 0.0785. The zero-order chi connectivity index (χ0) is 21.1. The summed E-state index contributed by atoms with van der Waals surface area (Å²) in [7, 11) is 1.54. The number of ether oxygens (including phenoxy) is 1. The van der Waals surface area contributed by atoms with Gasteiger partial charge >= 0.3 is 0 Å². The van der Waals surface area contributed by atoms with Crippen LogP contribution in [0.4, 0.5) is 10.1 Å². The molecule has 2 heterocycles. The maximum absolute atomic E-state index is 14.7. The number of nitrogens with zero attached hydrogens (tertiary/aromatic N) is 3. The highest BCUT2D eigenvalue weighted by atomic mass is 35.5. The summed E-state index contributed by atoms with van der Waals surface area (Å²) in [6, 6.07) is 6.67. The predicted molar refractivity (Wildman–Crippen MR) is 114 cm³/mol. The third-order valence-corrected chi connectivity index (χ3v) is 5.59. The van der Waals surface area contributed by atoms with Crippen molar-refractivity contribution in [1.29, 1.82) is 0 Å². The molecule has 0 radical (unpaired) electrons. The van der Waals surface area contributed by atoms with Crippen LogP contribution < -0.4 is 9.64 Å². The van der Waals surface area contributed by atoms with Gasteiger partial charge in [0.1, 0.15) is 17.3 Å². The molecule has 1 atom stereocenters. The fourth-order valence-electron chi connectivity index (χ4n) is 3.45. The number of amides is 1. The van der Waals surface area contributed by atoms with Crippen molar-refractivity contribution >= 4 is 29.3 Å². The van der Waals surface area contributed by atoms with Crippen molar-refractivity contribution < 1.29 is 13.9 Å². The predicted octanol–water partition coefficient (Wildman–Crippen LogP) is 4.68. The molecule has 1 saturated heterocycles. The van der Waals surface area contributed by atoms with E-state index in [1.807, 2.05) is 23.6 Å². The molecule has 0 spiro atoms. The number of piperazine rings is 1. The molecule has 5 nitrogen and oxygen atoms in total. The Morgan fingerprint density at radius 2 is 2.14 bits per heavy atom. The summed E-state index contributed by atoms with van der Waals surface area (Å²) < 4.78 is 20.0. The van der Waals surface area contributed by atoms with Crippen LogP contribution in [0.2, 0.25) is 5.15 Å². The summed E-state index contributed by atoms with van der Waals surface area (Å²) in [6.07, 6.45) is 3.99. The van der Waals surface area contributed by atoms with E-state index in [2.05, 4.69) is 4.98 Å². The molecule has 1 aliphatic heterocycles. The Hall–Kier alpha value is -2.60. The van der Waals surface area contributed by atoms with E-state index in [1.165, 1.54) is 13.2 Å². The lowest BCUT2D eigenvalue weighted by Gasteiger charge is -2.40. The average Bonchev–Trinajstić information content (AvgIpc) is 2.71. The van der Waals surface area contributed by atoms with Crippen molar-refractivity contribution in [3.63, 3.8) is 0 Å². The van der Waals surface area contributed by atoms with Crippen molar-refractivity contribution in [3.8, 4) is 5.75 Å². The van der Waals surface area contributed by atoms with Crippen LogP contribution in [0.25, 0.3) is 6.08 Å². The second-order valence-corrected chi connectivity index (χ2v) is 7.45. The number of pyridine rings is 1. The van der Waals surface area contributed by atoms with Gasteiger partial charge in [0.05, 0.1) is 12.8 Å². The number of carbonyl (C=O) groups excluding carboxylic acids is 1. The number of halogens is 2. The fourth-order valence-corrected chi connectivity index (χ4v) is 3.67. The molecule has 1 aliphatic rings. The number of methoxy groups -OCH3 is 1. The van der Waals surface area contributed by atoms with Crippen molar-refractivity contribution in [2.45, 2.75) is 33.2 Å². The first kappa shape index (κ1) is 21.1. The molecule has 0 bridgehead atoms. The molecule has 1 amide bonds. The molecule has 1 aromatic carbocycles. The maximum Gasteiger partial charge on any atom is 0.270 e. The van der Waals surface area contributed by atoms with E-state index in [0.29, 0.717) is 40.9 Å². The Balaban J connectivity index is 2.13. The van der Waals surface area contributed by atoms with Crippen LogP contribution in [0.1, 0.15) is 31.4 Å². The maximum atomic E-state index is 14.7. The van der Waals surface area contributed by atoms with Gasteiger partial charge in [-0.05, 0) is 56.2 Å². The molecule has 29 heavy (non-hydrogen) atoms. The zero-order valence-electron chi connectivity index (χ0n) is 17.1. The van der Waals surface area contributed by atoms with Crippen LogP contribution >= 0.6 is 11.6 Å². The Morgan fingerprint density at radius 1 is 1.38 bits per heavy atom. The molecule has 0 saturated carbocycles. The van der Waals surface area contributed by atoms with E-state index in [-0.39, 0.29) is 17.5 Å². The monoisotopic (exact) mass is 417 g/mol. The minimum atomic E-state index is -0.415. The molecule has 0 aliphatic carbocycles. The van der Waals surface area contributed by atoms with Crippen LogP contribution in [-0.2, 0) is 4.79 Å². The third kappa shape index (κ3) is 4.22. The topological polar surface area (TPSA) is 45.7 Å². The Kier molecular flexibility index (Phi) is 6.42. The second kappa shape index (κ2) is 8.82. The summed E-state index contributed by atoms with van der Waals surface area (Å²) >= 11 is 6.30. The number of aryl methyl sites for hydroxylation is 1. The van der Waals surface area contributed by atoms with Crippen LogP contribution in [0, 0.1) is 12.7 Å². The summed E-state index contributed by atoms with van der Waals surface area (Å²) in [6.45, 7) is 6.92. The van der Waals surface area contributed by atoms with E-state index in [0.717, 1.165) is 6.42 Å².